The van der Waals surface area contributed by atoms with Gasteiger partial charge in [0.25, 0.3) is 0 Å². The van der Waals surface area contributed by atoms with Crippen LogP contribution in [-0.4, -0.2) is 47.9 Å². The van der Waals surface area contributed by atoms with Crippen molar-refractivity contribution in [3.05, 3.63) is 23.8 Å². The summed E-state index contributed by atoms with van der Waals surface area (Å²) in [5, 5.41) is 24.0. The van der Waals surface area contributed by atoms with Gasteiger partial charge in [0.1, 0.15) is 11.3 Å². The Kier molecular flexibility index (Phi) is 4.54. The monoisotopic (exact) mass is 280 g/mol. The maximum absolute atomic E-state index is 11.8. The second kappa shape index (κ2) is 6.36. The molecule has 108 valence electrons. The van der Waals surface area contributed by atoms with Crippen molar-refractivity contribution in [2.75, 3.05) is 25.0 Å². The van der Waals surface area contributed by atoms with Crippen molar-refractivity contribution >= 4 is 17.6 Å². The summed E-state index contributed by atoms with van der Waals surface area (Å²) in [6.07, 6.45) is 0.0321. The minimum absolute atomic E-state index is 0.171. The zero-order valence-corrected chi connectivity index (χ0v) is 10.8. The van der Waals surface area contributed by atoms with E-state index in [9.17, 15) is 14.7 Å². The molecule has 1 aliphatic rings. The van der Waals surface area contributed by atoms with Crippen LogP contribution in [0, 0.1) is 0 Å². The summed E-state index contributed by atoms with van der Waals surface area (Å²) in [6.45, 7) is 1.98. The van der Waals surface area contributed by atoms with E-state index in [-0.39, 0.29) is 29.7 Å². The van der Waals surface area contributed by atoms with Gasteiger partial charge in [-0.3, -0.25) is 4.79 Å². The lowest BCUT2D eigenvalue weighted by atomic mass is 10.1. The minimum atomic E-state index is -1.22. The molecule has 1 saturated heterocycles. The highest BCUT2D eigenvalue weighted by atomic mass is 16.5. The molecule has 1 fully saturated rings. The van der Waals surface area contributed by atoms with Crippen molar-refractivity contribution in [1.82, 2.24) is 5.32 Å². The van der Waals surface area contributed by atoms with Gasteiger partial charge < -0.3 is 25.6 Å². The molecule has 1 aliphatic heterocycles. The third-order valence-electron chi connectivity index (χ3n) is 2.93. The van der Waals surface area contributed by atoms with Crippen LogP contribution in [0.2, 0.25) is 0 Å². The molecular formula is C13H16N2O5. The Morgan fingerprint density at radius 2 is 2.25 bits per heavy atom. The van der Waals surface area contributed by atoms with Gasteiger partial charge in [0.2, 0.25) is 5.91 Å². The Balaban J connectivity index is 1.93. The largest absolute Gasteiger partial charge is 0.507 e. The van der Waals surface area contributed by atoms with E-state index in [2.05, 4.69) is 10.6 Å². The van der Waals surface area contributed by atoms with Crippen LogP contribution in [0.5, 0.6) is 5.75 Å². The number of benzene rings is 1. The summed E-state index contributed by atoms with van der Waals surface area (Å²) in [5.41, 5.74) is 0.143. The maximum atomic E-state index is 11.8. The molecule has 0 radical (unpaired) electrons. The Hall–Kier alpha value is -2.12. The highest BCUT2D eigenvalue weighted by molar-refractivity contribution is 5.94. The number of hydrogen-bond donors (Lipinski definition) is 4. The Labute approximate surface area is 115 Å². The van der Waals surface area contributed by atoms with Gasteiger partial charge in [-0.1, -0.05) is 0 Å². The highest BCUT2D eigenvalue weighted by Gasteiger charge is 2.18. The molecule has 2 rings (SSSR count). The van der Waals surface area contributed by atoms with Gasteiger partial charge in [-0.2, -0.15) is 0 Å². The third kappa shape index (κ3) is 3.69. The number of morpholine rings is 1. The number of nitrogens with one attached hydrogen (secondary N) is 2. The Bertz CT molecular complexity index is 511. The molecule has 0 aliphatic carbocycles. The molecule has 0 aromatic heterocycles. The summed E-state index contributed by atoms with van der Waals surface area (Å²) < 4.78 is 5.41. The van der Waals surface area contributed by atoms with Gasteiger partial charge in [0.05, 0.1) is 19.1 Å². The van der Waals surface area contributed by atoms with E-state index in [1.807, 2.05) is 0 Å². The lowest BCUT2D eigenvalue weighted by Gasteiger charge is -2.23. The summed E-state index contributed by atoms with van der Waals surface area (Å²) in [7, 11) is 0. The fourth-order valence-corrected chi connectivity index (χ4v) is 1.96. The summed E-state index contributed by atoms with van der Waals surface area (Å²) in [5.74, 6) is -1.85. The van der Waals surface area contributed by atoms with Crippen LogP contribution in [0.15, 0.2) is 18.2 Å². The number of carboxylic acids is 1. The molecule has 0 saturated carbocycles. The molecule has 1 heterocycles. The van der Waals surface area contributed by atoms with Crippen molar-refractivity contribution in [3.8, 4) is 5.75 Å². The van der Waals surface area contributed by atoms with Crippen LogP contribution < -0.4 is 10.6 Å². The van der Waals surface area contributed by atoms with E-state index >= 15 is 0 Å². The van der Waals surface area contributed by atoms with Crippen LogP contribution >= 0.6 is 0 Å². The molecule has 1 aromatic carbocycles. The SMILES string of the molecule is O=C(CC1CNCCO1)Nc1ccc(C(=O)O)c(O)c1. The summed E-state index contributed by atoms with van der Waals surface area (Å²) >= 11 is 0. The predicted octanol–water partition coefficient (Wildman–Crippen LogP) is 0.407. The zero-order chi connectivity index (χ0) is 14.5. The lowest BCUT2D eigenvalue weighted by molar-refractivity contribution is -0.119. The molecule has 20 heavy (non-hydrogen) atoms. The fourth-order valence-electron chi connectivity index (χ4n) is 1.96. The molecule has 7 nitrogen and oxygen atoms in total. The van der Waals surface area contributed by atoms with Gasteiger partial charge in [0, 0.05) is 24.8 Å². The number of aromatic hydroxyl groups is 1. The second-order valence-corrected chi connectivity index (χ2v) is 4.49. The fraction of sp³-hybridized carbons (Fsp3) is 0.385. The standard InChI is InChI=1S/C13H16N2O5/c16-11-5-8(1-2-10(11)13(18)19)15-12(17)6-9-7-14-3-4-20-9/h1-2,5,9,14,16H,3-4,6-7H2,(H,15,17)(H,18,19). The van der Waals surface area contributed by atoms with Crippen LogP contribution in [0.1, 0.15) is 16.8 Å². The molecule has 0 bridgehead atoms. The zero-order valence-electron chi connectivity index (χ0n) is 10.8. The van der Waals surface area contributed by atoms with Crippen LogP contribution in [0.4, 0.5) is 5.69 Å². The van der Waals surface area contributed by atoms with E-state index in [1.165, 1.54) is 18.2 Å². The summed E-state index contributed by atoms with van der Waals surface area (Å²) in [6, 6.07) is 3.88. The molecular weight excluding hydrogens is 264 g/mol. The van der Waals surface area contributed by atoms with Crippen molar-refractivity contribution in [3.63, 3.8) is 0 Å². The maximum Gasteiger partial charge on any atom is 0.339 e. The Morgan fingerprint density at radius 1 is 1.45 bits per heavy atom. The third-order valence-corrected chi connectivity index (χ3v) is 2.93. The average molecular weight is 280 g/mol. The minimum Gasteiger partial charge on any atom is -0.507 e. The van der Waals surface area contributed by atoms with Gasteiger partial charge >= 0.3 is 5.97 Å². The number of amides is 1. The van der Waals surface area contributed by atoms with E-state index in [0.29, 0.717) is 18.8 Å². The van der Waals surface area contributed by atoms with E-state index < -0.39 is 5.97 Å². The average Bonchev–Trinajstić information content (AvgIpc) is 2.39. The highest BCUT2D eigenvalue weighted by Crippen LogP contribution is 2.22. The smallest absolute Gasteiger partial charge is 0.339 e. The van der Waals surface area contributed by atoms with Gasteiger partial charge in [-0.25, -0.2) is 4.79 Å². The normalized spacial score (nSPS) is 18.5. The number of carbonyl (C=O) groups excluding carboxylic acids is 1. The topological polar surface area (TPSA) is 108 Å². The predicted molar refractivity (Wildman–Crippen MR) is 70.9 cm³/mol. The lowest BCUT2D eigenvalue weighted by Crippen LogP contribution is -2.40. The molecule has 1 atom stereocenters. The van der Waals surface area contributed by atoms with Gasteiger partial charge in [0.15, 0.2) is 0 Å². The number of anilines is 1. The number of phenols is 1. The van der Waals surface area contributed by atoms with Crippen LogP contribution in [0.3, 0.4) is 0 Å². The summed E-state index contributed by atoms with van der Waals surface area (Å²) in [4.78, 5) is 22.5. The first-order valence-corrected chi connectivity index (χ1v) is 6.25. The van der Waals surface area contributed by atoms with Crippen LogP contribution in [-0.2, 0) is 9.53 Å². The molecule has 4 N–H and O–H groups in total. The molecule has 0 spiro atoms. The van der Waals surface area contributed by atoms with Crippen molar-refractivity contribution in [2.24, 2.45) is 0 Å². The molecule has 1 amide bonds. The van der Waals surface area contributed by atoms with Crippen molar-refractivity contribution in [2.45, 2.75) is 12.5 Å². The number of hydrogen-bond acceptors (Lipinski definition) is 5. The Morgan fingerprint density at radius 3 is 2.85 bits per heavy atom. The second-order valence-electron chi connectivity index (χ2n) is 4.49. The van der Waals surface area contributed by atoms with Gasteiger partial charge in [-0.05, 0) is 12.1 Å². The van der Waals surface area contributed by atoms with E-state index in [4.69, 9.17) is 9.84 Å². The van der Waals surface area contributed by atoms with Gasteiger partial charge in [-0.15, -0.1) is 0 Å². The number of ether oxygens (including phenoxy) is 1. The molecule has 7 heteroatoms. The number of carboxylic acid groups (broad SMARTS) is 1. The van der Waals surface area contributed by atoms with Crippen molar-refractivity contribution in [1.29, 1.82) is 0 Å². The first kappa shape index (κ1) is 14.3. The first-order chi connectivity index (χ1) is 9.56. The number of rotatable bonds is 4. The first-order valence-electron chi connectivity index (χ1n) is 6.25. The van der Waals surface area contributed by atoms with E-state index in [1.54, 1.807) is 0 Å². The number of carbonyl (C=O) groups is 2. The molecule has 1 aromatic rings. The van der Waals surface area contributed by atoms with Crippen LogP contribution in [0.25, 0.3) is 0 Å². The van der Waals surface area contributed by atoms with Crippen molar-refractivity contribution < 1.29 is 24.5 Å². The van der Waals surface area contributed by atoms with E-state index in [0.717, 1.165) is 6.54 Å². The number of aromatic carboxylic acids is 1. The molecule has 1 unspecified atom stereocenters. The quantitative estimate of drug-likeness (QED) is 0.636.